The lowest BCUT2D eigenvalue weighted by Crippen LogP contribution is -2.47. The molecule has 1 saturated heterocycles. The van der Waals surface area contributed by atoms with Crippen molar-refractivity contribution in [2.45, 2.75) is 40.2 Å². The van der Waals surface area contributed by atoms with Gasteiger partial charge in [0.05, 0.1) is 12.7 Å². The number of nitrogens with one attached hydrogen (secondary N) is 1. The molecule has 1 fully saturated rings. The lowest BCUT2D eigenvalue weighted by molar-refractivity contribution is -0.0290. The van der Waals surface area contributed by atoms with Gasteiger partial charge in [-0.2, -0.15) is 0 Å². The molecule has 1 unspecified atom stereocenters. The van der Waals surface area contributed by atoms with Gasteiger partial charge < -0.3 is 10.1 Å². The summed E-state index contributed by atoms with van der Waals surface area (Å²) in [5.74, 6) is 0. The molecule has 1 aliphatic rings. The Hall–Kier alpha value is -0.120. The summed E-state index contributed by atoms with van der Waals surface area (Å²) >= 11 is 0. The van der Waals surface area contributed by atoms with Crippen LogP contribution in [-0.4, -0.2) is 50.3 Å². The number of nitrogens with zero attached hydrogens (tertiary/aromatic N) is 1. The molecule has 1 aliphatic heterocycles. The molecule has 96 valence electrons. The van der Waals surface area contributed by atoms with E-state index in [1.165, 1.54) is 6.42 Å². The number of hydrogen-bond donors (Lipinski definition) is 1. The van der Waals surface area contributed by atoms with Gasteiger partial charge in [0, 0.05) is 26.2 Å². The van der Waals surface area contributed by atoms with Gasteiger partial charge in [-0.15, -0.1) is 0 Å². The fraction of sp³-hybridized carbons (Fsp3) is 1.00. The maximum absolute atomic E-state index is 5.56. The summed E-state index contributed by atoms with van der Waals surface area (Å²) in [5, 5.41) is 3.52. The first-order valence-corrected chi connectivity index (χ1v) is 6.58. The van der Waals surface area contributed by atoms with Crippen molar-refractivity contribution in [1.82, 2.24) is 10.2 Å². The van der Waals surface area contributed by atoms with Crippen LogP contribution in [0.3, 0.4) is 0 Å². The molecule has 1 heterocycles. The van der Waals surface area contributed by atoms with Gasteiger partial charge in [-0.05, 0) is 25.3 Å². The van der Waals surface area contributed by atoms with Crippen LogP contribution in [-0.2, 0) is 4.74 Å². The third kappa shape index (κ3) is 5.28. The monoisotopic (exact) mass is 228 g/mol. The molecule has 0 radical (unpaired) electrons. The highest BCUT2D eigenvalue weighted by Crippen LogP contribution is 2.17. The number of ether oxygens (including phenoxy) is 1. The fourth-order valence-electron chi connectivity index (χ4n) is 2.30. The van der Waals surface area contributed by atoms with Crippen molar-refractivity contribution in [2.75, 3.05) is 39.3 Å². The minimum atomic E-state index is 0.353. The normalized spacial score (nSPS) is 23.6. The van der Waals surface area contributed by atoms with Crippen LogP contribution in [0.2, 0.25) is 0 Å². The standard InChI is InChI=1S/C13H28N2O/c1-5-6-14-10-13(3,4)11-15-7-8-16-12(2)9-15/h12,14H,5-11H2,1-4H3. The van der Waals surface area contributed by atoms with Crippen LogP contribution < -0.4 is 5.32 Å². The topological polar surface area (TPSA) is 24.5 Å². The average molecular weight is 228 g/mol. The van der Waals surface area contributed by atoms with E-state index in [1.54, 1.807) is 0 Å². The molecule has 0 spiro atoms. The Balaban J connectivity index is 2.27. The van der Waals surface area contributed by atoms with E-state index in [4.69, 9.17) is 4.74 Å². The van der Waals surface area contributed by atoms with Crippen molar-refractivity contribution >= 4 is 0 Å². The zero-order valence-electron chi connectivity index (χ0n) is 11.4. The summed E-state index contributed by atoms with van der Waals surface area (Å²) in [7, 11) is 0. The molecule has 1 N–H and O–H groups in total. The number of rotatable bonds is 6. The van der Waals surface area contributed by atoms with Crippen molar-refractivity contribution in [3.8, 4) is 0 Å². The molecule has 0 aromatic heterocycles. The van der Waals surface area contributed by atoms with Gasteiger partial charge in [-0.3, -0.25) is 4.90 Å². The summed E-state index contributed by atoms with van der Waals surface area (Å²) in [6.45, 7) is 15.5. The Kier molecular flexibility index (Phi) is 5.73. The maximum Gasteiger partial charge on any atom is 0.0674 e. The molecule has 0 aromatic rings. The van der Waals surface area contributed by atoms with Crippen LogP contribution in [0.5, 0.6) is 0 Å². The predicted molar refractivity (Wildman–Crippen MR) is 68.8 cm³/mol. The number of morpholine rings is 1. The number of hydrogen-bond acceptors (Lipinski definition) is 3. The highest BCUT2D eigenvalue weighted by Gasteiger charge is 2.24. The molecule has 0 amide bonds. The molecule has 3 nitrogen and oxygen atoms in total. The fourth-order valence-corrected chi connectivity index (χ4v) is 2.30. The van der Waals surface area contributed by atoms with Gasteiger partial charge in [-0.1, -0.05) is 20.8 Å². The molecule has 0 saturated carbocycles. The Morgan fingerprint density at radius 1 is 1.44 bits per heavy atom. The van der Waals surface area contributed by atoms with Crippen LogP contribution in [0.4, 0.5) is 0 Å². The van der Waals surface area contributed by atoms with Crippen molar-refractivity contribution in [3.05, 3.63) is 0 Å². The van der Waals surface area contributed by atoms with Gasteiger partial charge in [0.2, 0.25) is 0 Å². The molecule has 16 heavy (non-hydrogen) atoms. The minimum absolute atomic E-state index is 0.353. The first kappa shape index (κ1) is 13.9. The summed E-state index contributed by atoms with van der Waals surface area (Å²) < 4.78 is 5.56. The first-order chi connectivity index (χ1) is 7.53. The van der Waals surface area contributed by atoms with Gasteiger partial charge in [0.15, 0.2) is 0 Å². The third-order valence-corrected chi connectivity index (χ3v) is 3.01. The lowest BCUT2D eigenvalue weighted by Gasteiger charge is -2.37. The van der Waals surface area contributed by atoms with E-state index in [0.717, 1.165) is 39.3 Å². The van der Waals surface area contributed by atoms with Crippen molar-refractivity contribution in [3.63, 3.8) is 0 Å². The molecule has 1 rings (SSSR count). The maximum atomic E-state index is 5.56. The van der Waals surface area contributed by atoms with Crippen molar-refractivity contribution < 1.29 is 4.74 Å². The van der Waals surface area contributed by atoms with E-state index < -0.39 is 0 Å². The second-order valence-corrected chi connectivity index (χ2v) is 5.76. The van der Waals surface area contributed by atoms with Crippen LogP contribution >= 0.6 is 0 Å². The summed E-state index contributed by atoms with van der Waals surface area (Å²) in [6.07, 6.45) is 1.61. The van der Waals surface area contributed by atoms with Crippen molar-refractivity contribution in [2.24, 2.45) is 5.41 Å². The minimum Gasteiger partial charge on any atom is -0.376 e. The van der Waals surface area contributed by atoms with E-state index in [0.29, 0.717) is 11.5 Å². The first-order valence-electron chi connectivity index (χ1n) is 6.58. The van der Waals surface area contributed by atoms with Gasteiger partial charge in [0.25, 0.3) is 0 Å². The Bertz CT molecular complexity index is 194. The van der Waals surface area contributed by atoms with E-state index in [-0.39, 0.29) is 0 Å². The van der Waals surface area contributed by atoms with Gasteiger partial charge >= 0.3 is 0 Å². The highest BCUT2D eigenvalue weighted by atomic mass is 16.5. The van der Waals surface area contributed by atoms with Crippen molar-refractivity contribution in [1.29, 1.82) is 0 Å². The van der Waals surface area contributed by atoms with Gasteiger partial charge in [-0.25, -0.2) is 0 Å². The molecule has 3 heteroatoms. The summed E-state index contributed by atoms with van der Waals surface area (Å²) in [6, 6.07) is 0. The second kappa shape index (κ2) is 6.58. The predicted octanol–water partition coefficient (Wildman–Crippen LogP) is 1.73. The highest BCUT2D eigenvalue weighted by molar-refractivity contribution is 4.79. The van der Waals surface area contributed by atoms with E-state index in [1.807, 2.05) is 0 Å². The van der Waals surface area contributed by atoms with E-state index >= 15 is 0 Å². The lowest BCUT2D eigenvalue weighted by atomic mass is 9.92. The van der Waals surface area contributed by atoms with Gasteiger partial charge in [0.1, 0.15) is 0 Å². The van der Waals surface area contributed by atoms with E-state index in [9.17, 15) is 0 Å². The quantitative estimate of drug-likeness (QED) is 0.701. The molecular weight excluding hydrogens is 200 g/mol. The van der Waals surface area contributed by atoms with E-state index in [2.05, 4.69) is 37.9 Å². The zero-order valence-corrected chi connectivity index (χ0v) is 11.4. The molecule has 0 aliphatic carbocycles. The summed E-state index contributed by atoms with van der Waals surface area (Å²) in [4.78, 5) is 2.53. The molecule has 0 bridgehead atoms. The van der Waals surface area contributed by atoms with Crippen LogP contribution in [0.25, 0.3) is 0 Å². The largest absolute Gasteiger partial charge is 0.376 e. The smallest absolute Gasteiger partial charge is 0.0674 e. The molecule has 0 aromatic carbocycles. The Morgan fingerprint density at radius 2 is 2.19 bits per heavy atom. The van der Waals surface area contributed by atoms with Crippen LogP contribution in [0.15, 0.2) is 0 Å². The zero-order chi connectivity index (χ0) is 12.0. The Morgan fingerprint density at radius 3 is 2.81 bits per heavy atom. The third-order valence-electron chi connectivity index (χ3n) is 3.01. The SMILES string of the molecule is CCCNCC(C)(C)CN1CCOC(C)C1. The summed E-state index contributed by atoms with van der Waals surface area (Å²) in [5.41, 5.74) is 0.353. The van der Waals surface area contributed by atoms with Crippen LogP contribution in [0, 0.1) is 5.41 Å². The molecular formula is C13H28N2O. The second-order valence-electron chi connectivity index (χ2n) is 5.76. The Labute approximate surface area is 101 Å². The molecule has 1 atom stereocenters. The van der Waals surface area contributed by atoms with Crippen LogP contribution in [0.1, 0.15) is 34.1 Å². The average Bonchev–Trinajstić information content (AvgIpc) is 2.17.